The van der Waals surface area contributed by atoms with E-state index in [2.05, 4.69) is 22.5 Å². The van der Waals surface area contributed by atoms with Crippen LogP contribution in [-0.2, 0) is 14.3 Å². The van der Waals surface area contributed by atoms with Gasteiger partial charge in [0.15, 0.2) is 5.96 Å². The van der Waals surface area contributed by atoms with E-state index < -0.39 is 5.41 Å². The number of piperidine rings is 1. The normalized spacial score (nSPS) is 22.2. The molecule has 0 aliphatic carbocycles. The number of hydrogen-bond donors (Lipinski definition) is 2. The summed E-state index contributed by atoms with van der Waals surface area (Å²) in [5.74, 6) is 0.945. The minimum absolute atomic E-state index is 0.0478. The smallest absolute Gasteiger partial charge is 0.227 e. The molecule has 2 aliphatic heterocycles. The summed E-state index contributed by atoms with van der Waals surface area (Å²) >= 11 is 0. The second kappa shape index (κ2) is 11.6. The van der Waals surface area contributed by atoms with Gasteiger partial charge < -0.3 is 25.0 Å². The first kappa shape index (κ1) is 22.9. The summed E-state index contributed by atoms with van der Waals surface area (Å²) in [5.41, 5.74) is -0.516. The quantitative estimate of drug-likeness (QED) is 0.486. The summed E-state index contributed by atoms with van der Waals surface area (Å²) in [6, 6.07) is 0. The first-order chi connectivity index (χ1) is 13.5. The molecule has 0 radical (unpaired) electrons. The van der Waals surface area contributed by atoms with Gasteiger partial charge in [-0.1, -0.05) is 0 Å². The lowest BCUT2D eigenvalue weighted by atomic mass is 9.92. The number of guanidine groups is 1. The molecule has 0 spiro atoms. The molecule has 2 fully saturated rings. The van der Waals surface area contributed by atoms with Crippen molar-refractivity contribution in [1.82, 2.24) is 15.5 Å². The Bertz CT molecular complexity index is 496. The predicted octanol–water partition coefficient (Wildman–Crippen LogP) is 2.16. The maximum atomic E-state index is 12.2. The molecule has 1 unspecified atom stereocenters. The van der Waals surface area contributed by atoms with E-state index in [1.807, 2.05) is 20.8 Å². The second-order valence-corrected chi connectivity index (χ2v) is 8.42. The van der Waals surface area contributed by atoms with Gasteiger partial charge in [-0.2, -0.15) is 0 Å². The average molecular weight is 397 g/mol. The lowest BCUT2D eigenvalue weighted by Gasteiger charge is -2.35. The number of nitrogens with one attached hydrogen (secondary N) is 2. The van der Waals surface area contributed by atoms with Crippen molar-refractivity contribution in [2.75, 3.05) is 45.9 Å². The van der Waals surface area contributed by atoms with Crippen LogP contribution in [0.5, 0.6) is 0 Å². The Labute approximate surface area is 170 Å². The third-order valence-electron chi connectivity index (χ3n) is 5.44. The van der Waals surface area contributed by atoms with E-state index in [1.165, 1.54) is 12.8 Å². The van der Waals surface area contributed by atoms with Gasteiger partial charge in [0.05, 0.1) is 30.8 Å². The van der Waals surface area contributed by atoms with Gasteiger partial charge in [-0.25, -0.2) is 0 Å². The molecule has 2 heterocycles. The van der Waals surface area contributed by atoms with Gasteiger partial charge in [0.25, 0.3) is 0 Å². The second-order valence-electron chi connectivity index (χ2n) is 8.42. The highest BCUT2D eigenvalue weighted by atomic mass is 16.5. The molecule has 2 aliphatic rings. The maximum absolute atomic E-state index is 12.2. The van der Waals surface area contributed by atoms with E-state index in [1.54, 1.807) is 0 Å². The van der Waals surface area contributed by atoms with Gasteiger partial charge in [0, 0.05) is 32.8 Å². The van der Waals surface area contributed by atoms with Gasteiger partial charge in [0.2, 0.25) is 5.91 Å². The molecule has 28 heavy (non-hydrogen) atoms. The van der Waals surface area contributed by atoms with Crippen molar-refractivity contribution in [3.63, 3.8) is 0 Å². The minimum Gasteiger partial charge on any atom is -0.376 e. The molecule has 162 valence electrons. The standard InChI is InChI=1S/C21H40N4O3/c1-5-22-19(26)21(3,4)16-24-20(23-6-2)25-12-10-17(11-13-25)28-15-18-9-7-8-14-27-18/h17-18H,5-16H2,1-4H3,(H,22,26)(H,23,24). The molecule has 2 rings (SSSR count). The lowest BCUT2D eigenvalue weighted by Crippen LogP contribution is -2.48. The zero-order chi connectivity index (χ0) is 20.4. The van der Waals surface area contributed by atoms with Crippen LogP contribution in [0.15, 0.2) is 4.99 Å². The molecule has 7 heteroatoms. The Morgan fingerprint density at radius 2 is 1.86 bits per heavy atom. The number of nitrogens with zero attached hydrogens (tertiary/aromatic N) is 2. The number of carbonyl (C=O) groups is 1. The van der Waals surface area contributed by atoms with Crippen LogP contribution in [0.4, 0.5) is 0 Å². The van der Waals surface area contributed by atoms with E-state index in [0.717, 1.165) is 58.1 Å². The number of ether oxygens (including phenoxy) is 2. The average Bonchev–Trinajstić information content (AvgIpc) is 2.71. The number of carbonyl (C=O) groups excluding carboxylic acids is 1. The molecule has 0 aromatic heterocycles. The zero-order valence-corrected chi connectivity index (χ0v) is 18.3. The van der Waals surface area contributed by atoms with Crippen LogP contribution in [0.3, 0.4) is 0 Å². The number of aliphatic imine (C=N–C) groups is 1. The van der Waals surface area contributed by atoms with E-state index >= 15 is 0 Å². The monoisotopic (exact) mass is 396 g/mol. The fraction of sp³-hybridized carbons (Fsp3) is 0.905. The highest BCUT2D eigenvalue weighted by molar-refractivity contribution is 5.83. The SMILES string of the molecule is CCNC(=O)C(C)(C)CN=C(NCC)N1CCC(OCC2CCCCO2)CC1. The topological polar surface area (TPSA) is 75.2 Å². The van der Waals surface area contributed by atoms with Crippen molar-refractivity contribution < 1.29 is 14.3 Å². The molecule has 1 atom stereocenters. The summed E-state index contributed by atoms with van der Waals surface area (Å²) in [4.78, 5) is 19.3. The zero-order valence-electron chi connectivity index (χ0n) is 18.3. The highest BCUT2D eigenvalue weighted by Crippen LogP contribution is 2.19. The summed E-state index contributed by atoms with van der Waals surface area (Å²) in [7, 11) is 0. The number of hydrogen-bond acceptors (Lipinski definition) is 4. The number of rotatable bonds is 8. The molecule has 0 saturated carbocycles. The number of likely N-dealkylation sites (tertiary alicyclic amines) is 1. The van der Waals surface area contributed by atoms with E-state index in [-0.39, 0.29) is 12.0 Å². The van der Waals surface area contributed by atoms with Crippen LogP contribution >= 0.6 is 0 Å². The fourth-order valence-electron chi connectivity index (χ4n) is 3.59. The van der Waals surface area contributed by atoms with Gasteiger partial charge in [-0.05, 0) is 59.8 Å². The van der Waals surface area contributed by atoms with Gasteiger partial charge in [0.1, 0.15) is 0 Å². The van der Waals surface area contributed by atoms with E-state index in [0.29, 0.717) is 19.2 Å². The Hall–Kier alpha value is -1.34. The van der Waals surface area contributed by atoms with Crippen molar-refractivity contribution in [2.45, 2.75) is 72.0 Å². The molecule has 0 aromatic rings. The first-order valence-corrected chi connectivity index (χ1v) is 11.0. The molecular weight excluding hydrogens is 356 g/mol. The fourth-order valence-corrected chi connectivity index (χ4v) is 3.59. The van der Waals surface area contributed by atoms with Crippen LogP contribution in [-0.4, -0.2) is 74.9 Å². The van der Waals surface area contributed by atoms with Crippen molar-refractivity contribution in [3.8, 4) is 0 Å². The Morgan fingerprint density at radius 1 is 1.14 bits per heavy atom. The van der Waals surface area contributed by atoms with Crippen LogP contribution in [0, 0.1) is 5.41 Å². The van der Waals surface area contributed by atoms with E-state index in [9.17, 15) is 4.79 Å². The van der Waals surface area contributed by atoms with Crippen LogP contribution in [0.2, 0.25) is 0 Å². The van der Waals surface area contributed by atoms with Gasteiger partial charge in [-0.15, -0.1) is 0 Å². The molecule has 2 N–H and O–H groups in total. The summed E-state index contributed by atoms with van der Waals surface area (Å²) in [6.07, 6.45) is 6.13. The van der Waals surface area contributed by atoms with Gasteiger partial charge in [-0.3, -0.25) is 9.79 Å². The molecule has 1 amide bonds. The molecule has 2 saturated heterocycles. The summed E-state index contributed by atoms with van der Waals surface area (Å²) in [5, 5.41) is 6.28. The van der Waals surface area contributed by atoms with Crippen molar-refractivity contribution >= 4 is 11.9 Å². The lowest BCUT2D eigenvalue weighted by molar-refractivity contribution is -0.128. The first-order valence-electron chi connectivity index (χ1n) is 11.0. The predicted molar refractivity (Wildman–Crippen MR) is 113 cm³/mol. The third-order valence-corrected chi connectivity index (χ3v) is 5.44. The van der Waals surface area contributed by atoms with Crippen LogP contribution < -0.4 is 10.6 Å². The summed E-state index contributed by atoms with van der Waals surface area (Å²) < 4.78 is 11.9. The van der Waals surface area contributed by atoms with Crippen molar-refractivity contribution in [3.05, 3.63) is 0 Å². The maximum Gasteiger partial charge on any atom is 0.227 e. The van der Waals surface area contributed by atoms with Crippen molar-refractivity contribution in [2.24, 2.45) is 10.4 Å². The van der Waals surface area contributed by atoms with Crippen LogP contribution in [0.25, 0.3) is 0 Å². The molecule has 0 aromatic carbocycles. The van der Waals surface area contributed by atoms with Crippen LogP contribution in [0.1, 0.15) is 59.8 Å². The summed E-state index contributed by atoms with van der Waals surface area (Å²) in [6.45, 7) is 13.3. The van der Waals surface area contributed by atoms with E-state index in [4.69, 9.17) is 14.5 Å². The molecule has 7 nitrogen and oxygen atoms in total. The molecule has 0 bridgehead atoms. The Morgan fingerprint density at radius 3 is 2.46 bits per heavy atom. The third kappa shape index (κ3) is 7.24. The Balaban J connectivity index is 1.81. The molecular formula is C21H40N4O3. The minimum atomic E-state index is -0.516. The highest BCUT2D eigenvalue weighted by Gasteiger charge is 2.28. The van der Waals surface area contributed by atoms with Gasteiger partial charge >= 0.3 is 0 Å². The largest absolute Gasteiger partial charge is 0.376 e. The number of amides is 1. The Kier molecular flexibility index (Phi) is 9.51. The van der Waals surface area contributed by atoms with Crippen molar-refractivity contribution in [1.29, 1.82) is 0 Å².